The maximum absolute atomic E-state index is 11.9. The Morgan fingerprint density at radius 1 is 1.48 bits per heavy atom. The molecule has 7 nitrogen and oxygen atoms in total. The minimum absolute atomic E-state index is 0.0678. The summed E-state index contributed by atoms with van der Waals surface area (Å²) in [5.74, 6) is -1.08. The Morgan fingerprint density at radius 3 is 2.67 bits per heavy atom. The van der Waals surface area contributed by atoms with Gasteiger partial charge in [0.1, 0.15) is 6.04 Å². The number of carbonyl (C=O) groups is 2. The van der Waals surface area contributed by atoms with Crippen LogP contribution in [0.5, 0.6) is 0 Å². The number of nitrogens with zero attached hydrogens (tertiary/aromatic N) is 1. The number of nitro groups is 1. The number of non-ortho nitro benzene ring substituents is 1. The number of benzene rings is 1. The fourth-order valence-corrected chi connectivity index (χ4v) is 1.78. The highest BCUT2D eigenvalue weighted by molar-refractivity contribution is 5.87. The number of nitrogens with one attached hydrogen (secondary N) is 1. The first-order chi connectivity index (χ1) is 9.79. The van der Waals surface area contributed by atoms with E-state index >= 15 is 0 Å². The van der Waals surface area contributed by atoms with E-state index in [0.717, 1.165) is 5.57 Å². The number of amides is 2. The van der Waals surface area contributed by atoms with E-state index in [1.54, 1.807) is 13.0 Å². The molecule has 0 heterocycles. The third kappa shape index (κ3) is 5.43. The Bertz CT molecular complexity index is 583. The molecule has 0 fully saturated rings. The Hall–Kier alpha value is -2.70. The standard InChI is InChI=1S/C14H17N3O4/c1-9(2)6-12(14(15)19)16-13(18)8-10-4-3-5-11(7-10)17(20)21/h3-5,7,12H,1,6,8H2,2H3,(H2,15,19)(H,16,18)/t12-/m1/s1. The zero-order valence-corrected chi connectivity index (χ0v) is 11.7. The van der Waals surface area contributed by atoms with Gasteiger partial charge in [-0.05, 0) is 18.9 Å². The van der Waals surface area contributed by atoms with Crippen LogP contribution in [-0.4, -0.2) is 22.8 Å². The second-order valence-corrected chi connectivity index (χ2v) is 4.79. The van der Waals surface area contributed by atoms with E-state index in [4.69, 9.17) is 5.73 Å². The van der Waals surface area contributed by atoms with Gasteiger partial charge in [-0.1, -0.05) is 17.7 Å². The summed E-state index contributed by atoms with van der Waals surface area (Å²) in [5.41, 5.74) is 6.32. The molecule has 0 aromatic heterocycles. The van der Waals surface area contributed by atoms with E-state index in [1.165, 1.54) is 18.2 Å². The maximum Gasteiger partial charge on any atom is 0.269 e. The lowest BCUT2D eigenvalue weighted by Crippen LogP contribution is -2.45. The van der Waals surface area contributed by atoms with Gasteiger partial charge in [-0.15, -0.1) is 6.58 Å². The third-order valence-corrected chi connectivity index (χ3v) is 2.72. The van der Waals surface area contributed by atoms with Gasteiger partial charge < -0.3 is 11.1 Å². The van der Waals surface area contributed by atoms with Crippen molar-refractivity contribution in [2.45, 2.75) is 25.8 Å². The van der Waals surface area contributed by atoms with Crippen molar-refractivity contribution < 1.29 is 14.5 Å². The number of rotatable bonds is 7. The van der Waals surface area contributed by atoms with E-state index in [1.807, 2.05) is 0 Å². The molecule has 112 valence electrons. The van der Waals surface area contributed by atoms with Crippen LogP contribution in [0.25, 0.3) is 0 Å². The monoisotopic (exact) mass is 291 g/mol. The molecule has 1 aromatic carbocycles. The lowest BCUT2D eigenvalue weighted by molar-refractivity contribution is -0.384. The molecule has 1 atom stereocenters. The number of nitrogens with two attached hydrogens (primary N) is 1. The number of carbonyl (C=O) groups excluding carboxylic acids is 2. The van der Waals surface area contributed by atoms with E-state index in [0.29, 0.717) is 5.56 Å². The van der Waals surface area contributed by atoms with Gasteiger partial charge in [-0.2, -0.15) is 0 Å². The molecular formula is C14H17N3O4. The molecule has 0 aliphatic heterocycles. The van der Waals surface area contributed by atoms with Gasteiger partial charge in [-0.3, -0.25) is 19.7 Å². The third-order valence-electron chi connectivity index (χ3n) is 2.72. The number of primary amides is 1. The highest BCUT2D eigenvalue weighted by Gasteiger charge is 2.18. The molecule has 0 spiro atoms. The zero-order valence-electron chi connectivity index (χ0n) is 11.7. The van der Waals surface area contributed by atoms with E-state index in [9.17, 15) is 19.7 Å². The molecule has 0 radical (unpaired) electrons. The first-order valence-corrected chi connectivity index (χ1v) is 6.26. The average molecular weight is 291 g/mol. The summed E-state index contributed by atoms with van der Waals surface area (Å²) < 4.78 is 0. The Kier molecular flexibility index (Phi) is 5.59. The van der Waals surface area contributed by atoms with Crippen LogP contribution in [0.15, 0.2) is 36.4 Å². The SMILES string of the molecule is C=C(C)C[C@@H](NC(=O)Cc1cccc([N+](=O)[O-])c1)C(N)=O. The van der Waals surface area contributed by atoms with Crippen molar-refractivity contribution in [2.75, 3.05) is 0 Å². The summed E-state index contributed by atoms with van der Waals surface area (Å²) in [5, 5.41) is 13.2. The molecule has 3 N–H and O–H groups in total. The van der Waals surface area contributed by atoms with Crippen LogP contribution in [0.3, 0.4) is 0 Å². The zero-order chi connectivity index (χ0) is 16.0. The fraction of sp³-hybridized carbons (Fsp3) is 0.286. The highest BCUT2D eigenvalue weighted by atomic mass is 16.6. The minimum Gasteiger partial charge on any atom is -0.368 e. The lowest BCUT2D eigenvalue weighted by Gasteiger charge is -2.15. The molecule has 0 aliphatic carbocycles. The molecule has 7 heteroatoms. The predicted octanol–water partition coefficient (Wildman–Crippen LogP) is 1.07. The Morgan fingerprint density at radius 2 is 2.14 bits per heavy atom. The fourth-order valence-electron chi connectivity index (χ4n) is 1.78. The van der Waals surface area contributed by atoms with E-state index in [2.05, 4.69) is 11.9 Å². The molecule has 21 heavy (non-hydrogen) atoms. The van der Waals surface area contributed by atoms with Crippen molar-refractivity contribution in [1.82, 2.24) is 5.32 Å². The van der Waals surface area contributed by atoms with Crippen molar-refractivity contribution >= 4 is 17.5 Å². The molecule has 0 bridgehead atoms. The minimum atomic E-state index is -0.825. The van der Waals surface area contributed by atoms with E-state index in [-0.39, 0.29) is 18.5 Å². The molecule has 1 aromatic rings. The summed E-state index contributed by atoms with van der Waals surface area (Å²) in [4.78, 5) is 33.2. The van der Waals surface area contributed by atoms with Gasteiger partial charge >= 0.3 is 0 Å². The van der Waals surface area contributed by atoms with Gasteiger partial charge in [0.05, 0.1) is 11.3 Å². The normalized spacial score (nSPS) is 11.5. The number of hydrogen-bond acceptors (Lipinski definition) is 4. The summed E-state index contributed by atoms with van der Waals surface area (Å²) in [7, 11) is 0. The molecule has 1 rings (SSSR count). The van der Waals surface area contributed by atoms with Crippen LogP contribution in [0, 0.1) is 10.1 Å². The predicted molar refractivity (Wildman–Crippen MR) is 77.4 cm³/mol. The molecular weight excluding hydrogens is 274 g/mol. The second kappa shape index (κ2) is 7.18. The molecule has 0 unspecified atom stereocenters. The largest absolute Gasteiger partial charge is 0.368 e. The number of nitro benzene ring substituents is 1. The molecule has 0 saturated heterocycles. The second-order valence-electron chi connectivity index (χ2n) is 4.79. The van der Waals surface area contributed by atoms with Crippen molar-refractivity contribution in [3.05, 3.63) is 52.1 Å². The lowest BCUT2D eigenvalue weighted by atomic mass is 10.1. The summed E-state index contributed by atoms with van der Waals surface area (Å²) >= 11 is 0. The van der Waals surface area contributed by atoms with Crippen LogP contribution in [-0.2, 0) is 16.0 Å². The van der Waals surface area contributed by atoms with E-state index < -0.39 is 22.8 Å². The van der Waals surface area contributed by atoms with Gasteiger partial charge in [-0.25, -0.2) is 0 Å². The highest BCUT2D eigenvalue weighted by Crippen LogP contribution is 2.13. The van der Waals surface area contributed by atoms with Gasteiger partial charge in [0.15, 0.2) is 0 Å². The Balaban J connectivity index is 2.72. The van der Waals surface area contributed by atoms with Crippen LogP contribution < -0.4 is 11.1 Å². The maximum atomic E-state index is 11.9. The topological polar surface area (TPSA) is 115 Å². The first-order valence-electron chi connectivity index (χ1n) is 6.26. The van der Waals surface area contributed by atoms with Crippen LogP contribution in [0.1, 0.15) is 18.9 Å². The Labute approximate surface area is 122 Å². The summed E-state index contributed by atoms with van der Waals surface area (Å²) in [6.45, 7) is 5.39. The van der Waals surface area contributed by atoms with Crippen molar-refractivity contribution in [3.63, 3.8) is 0 Å². The average Bonchev–Trinajstić information content (AvgIpc) is 2.37. The van der Waals surface area contributed by atoms with Crippen LogP contribution >= 0.6 is 0 Å². The molecule has 2 amide bonds. The summed E-state index contributed by atoms with van der Waals surface area (Å²) in [6.07, 6.45) is 0.192. The molecule has 0 saturated carbocycles. The van der Waals surface area contributed by atoms with Crippen LogP contribution in [0.2, 0.25) is 0 Å². The van der Waals surface area contributed by atoms with Crippen molar-refractivity contribution in [3.8, 4) is 0 Å². The van der Waals surface area contributed by atoms with Gasteiger partial charge in [0.2, 0.25) is 11.8 Å². The quantitative estimate of drug-likeness (QED) is 0.444. The molecule has 0 aliphatic rings. The summed E-state index contributed by atoms with van der Waals surface area (Å²) in [6, 6.07) is 4.94. The number of hydrogen-bond donors (Lipinski definition) is 2. The smallest absolute Gasteiger partial charge is 0.269 e. The van der Waals surface area contributed by atoms with Crippen LogP contribution in [0.4, 0.5) is 5.69 Å². The first kappa shape index (κ1) is 16.4. The van der Waals surface area contributed by atoms with Gasteiger partial charge in [0, 0.05) is 12.1 Å². The van der Waals surface area contributed by atoms with Crippen molar-refractivity contribution in [1.29, 1.82) is 0 Å². The van der Waals surface area contributed by atoms with Gasteiger partial charge in [0.25, 0.3) is 5.69 Å². The van der Waals surface area contributed by atoms with Crippen molar-refractivity contribution in [2.24, 2.45) is 5.73 Å².